The molecule has 0 spiro atoms. The van der Waals surface area contributed by atoms with E-state index < -0.39 is 0 Å². The molecule has 1 aliphatic rings. The van der Waals surface area contributed by atoms with Crippen molar-refractivity contribution in [2.75, 3.05) is 0 Å². The fourth-order valence-corrected chi connectivity index (χ4v) is 0.785. The maximum Gasteiger partial charge on any atom is 0 e. The van der Waals surface area contributed by atoms with Crippen LogP contribution in [-0.2, 0) is 0 Å². The van der Waals surface area contributed by atoms with Crippen molar-refractivity contribution in [1.82, 2.24) is 0 Å². The van der Waals surface area contributed by atoms with Gasteiger partial charge in [-0.3, -0.25) is 0 Å². The Kier molecular flexibility index (Phi) is 4.94. The summed E-state index contributed by atoms with van der Waals surface area (Å²) < 4.78 is 0. The molecule has 0 aliphatic heterocycles. The van der Waals surface area contributed by atoms with Gasteiger partial charge in [0.1, 0.15) is 0 Å². The van der Waals surface area contributed by atoms with Gasteiger partial charge in [0, 0.05) is 0 Å². The first-order chi connectivity index (χ1) is 3.80. The SMILES string of the molecule is [CH2-]C1CC=CC=C1C.[CH3-].[Es]. The van der Waals surface area contributed by atoms with Crippen molar-refractivity contribution in [3.05, 3.63) is 38.2 Å². The molecule has 1 heteroatoms. The van der Waals surface area contributed by atoms with Gasteiger partial charge in [-0.05, 0) is 6.92 Å². The summed E-state index contributed by atoms with van der Waals surface area (Å²) in [6.07, 6.45) is 7.49. The molecule has 1 unspecified atom stereocenters. The fraction of sp³-hybridized carbons (Fsp3) is 0.333. The molecule has 0 amide bonds. The van der Waals surface area contributed by atoms with E-state index in [-0.39, 0.29) is 7.43 Å². The summed E-state index contributed by atoms with van der Waals surface area (Å²) >= 11 is 0. The van der Waals surface area contributed by atoms with Crippen molar-refractivity contribution >= 4 is 0 Å². The summed E-state index contributed by atoms with van der Waals surface area (Å²) in [5.41, 5.74) is 1.40. The van der Waals surface area contributed by atoms with E-state index in [0.717, 1.165) is 6.42 Å². The van der Waals surface area contributed by atoms with Crippen molar-refractivity contribution in [3.63, 3.8) is 0 Å². The van der Waals surface area contributed by atoms with E-state index in [9.17, 15) is 0 Å². The monoisotopic (exact) mass is 374 g/mol. The van der Waals surface area contributed by atoms with E-state index in [2.05, 4.69) is 32.1 Å². The minimum atomic E-state index is 0. The molecule has 1 atom stereocenters. The normalized spacial score (nSPS) is 22.2. The van der Waals surface area contributed by atoms with Crippen molar-refractivity contribution in [1.29, 1.82) is 0 Å². The zero-order valence-corrected chi connectivity index (χ0v) is 9.04. The summed E-state index contributed by atoms with van der Waals surface area (Å²) in [6, 6.07) is 0. The number of hydrogen-bond donors (Lipinski definition) is 0. The summed E-state index contributed by atoms with van der Waals surface area (Å²) in [7, 11) is 0. The van der Waals surface area contributed by atoms with Gasteiger partial charge in [0.2, 0.25) is 0 Å². The third-order valence-corrected chi connectivity index (χ3v) is 1.56. The van der Waals surface area contributed by atoms with E-state index in [1.807, 2.05) is 0 Å². The minimum absolute atomic E-state index is 0. The van der Waals surface area contributed by atoms with E-state index in [0.29, 0.717) is 5.92 Å². The smallest absolute Gasteiger partial charge is 0 e. The van der Waals surface area contributed by atoms with Gasteiger partial charge < -0.3 is 14.4 Å². The molecule has 1 aliphatic carbocycles. The van der Waals surface area contributed by atoms with Crippen LogP contribution in [0.15, 0.2) is 23.8 Å². The summed E-state index contributed by atoms with van der Waals surface area (Å²) in [4.78, 5) is 0. The van der Waals surface area contributed by atoms with Gasteiger partial charge in [0.05, 0.1) is 0 Å². The first-order valence-electron chi connectivity index (χ1n) is 2.97. The molecule has 0 saturated carbocycles. The van der Waals surface area contributed by atoms with E-state index >= 15 is 0 Å². The summed E-state index contributed by atoms with van der Waals surface area (Å²) in [5, 5.41) is 0. The van der Waals surface area contributed by atoms with Crippen molar-refractivity contribution in [2.45, 2.75) is 13.3 Å². The van der Waals surface area contributed by atoms with Gasteiger partial charge in [0.25, 0.3) is 0 Å². The Hall–Kier alpha value is -1.52. The molecule has 0 fully saturated rings. The Bertz CT molecular complexity index is 134. The third kappa shape index (κ3) is 2.17. The molecule has 0 N–H and O–H groups in total. The van der Waals surface area contributed by atoms with Crippen LogP contribution in [-0.4, -0.2) is 0 Å². The fourth-order valence-electron chi connectivity index (χ4n) is 0.785. The predicted octanol–water partition coefficient (Wildman–Crippen LogP) is 2.79. The van der Waals surface area contributed by atoms with Gasteiger partial charge in [0.15, 0.2) is 0 Å². The number of hydrogen-bond acceptors (Lipinski definition) is 0. The second-order valence-corrected chi connectivity index (χ2v) is 2.27. The second-order valence-electron chi connectivity index (χ2n) is 2.27. The molecule has 10 heavy (non-hydrogen) atoms. The first-order valence-corrected chi connectivity index (χ1v) is 2.97. The van der Waals surface area contributed by atoms with Crippen LogP contribution in [0.5, 0.6) is 0 Å². The van der Waals surface area contributed by atoms with Crippen molar-refractivity contribution < 1.29 is 0 Å². The summed E-state index contributed by atoms with van der Waals surface area (Å²) in [6.45, 7) is 6.09. The van der Waals surface area contributed by atoms with Crippen molar-refractivity contribution in [3.8, 4) is 0 Å². The quantitative estimate of drug-likeness (QED) is 0.572. The average Bonchev–Trinajstić information content (AvgIpc) is 1.77. The molecule has 0 aromatic heterocycles. The topological polar surface area (TPSA) is 0 Å². The Balaban J connectivity index is 0. The van der Waals surface area contributed by atoms with E-state index in [4.69, 9.17) is 0 Å². The van der Waals surface area contributed by atoms with Gasteiger partial charge in [-0.25, -0.2) is 0 Å². The van der Waals surface area contributed by atoms with Gasteiger partial charge in [-0.15, -0.1) is 5.92 Å². The molecular weight excluding hydrogens is 360 g/mol. The second kappa shape index (κ2) is 4.37. The van der Waals surface area contributed by atoms with Gasteiger partial charge in [-0.1, -0.05) is 30.2 Å². The Labute approximate surface area is 58.3 Å². The zero-order valence-electron chi connectivity index (χ0n) is 6.53. The van der Waals surface area contributed by atoms with Gasteiger partial charge >= 0.3 is 0 Å². The number of rotatable bonds is 0. The average molecular weight is 374 g/mol. The van der Waals surface area contributed by atoms with Crippen molar-refractivity contribution in [2.24, 2.45) is 5.92 Å². The molecule has 0 heterocycles. The molecule has 0 nitrogen and oxygen atoms in total. The molecule has 1 rings (SSSR count). The molecular formula is C9H14Es-2. The maximum absolute atomic E-state index is 3.96. The van der Waals surface area contributed by atoms with Crippen LogP contribution >= 0.6 is 0 Å². The standard InChI is InChI=1S/C8H11.CH3.Es/c1-7-5-3-4-6-8(7)2;;/h3-4,6-7H,1,5H2,2H3;1H3;/q2*-1;. The predicted molar refractivity (Wildman–Crippen MR) is 42.8 cm³/mol. The summed E-state index contributed by atoms with van der Waals surface area (Å²) in [5.74, 6) is 0.528. The van der Waals surface area contributed by atoms with Crippen LogP contribution < -0.4 is 0 Å². The molecule has 0 bridgehead atoms. The van der Waals surface area contributed by atoms with Crippen LogP contribution in [0.25, 0.3) is 0 Å². The Morgan fingerprint density at radius 2 is 2.20 bits per heavy atom. The minimum Gasteiger partial charge on any atom is -0.358 e. The Morgan fingerprint density at radius 1 is 1.60 bits per heavy atom. The maximum atomic E-state index is 3.96. The van der Waals surface area contributed by atoms with Crippen LogP contribution in [0.3, 0.4) is 0 Å². The zero-order chi connectivity index (χ0) is 5.98. The van der Waals surface area contributed by atoms with Crippen LogP contribution in [0, 0.1) is 20.3 Å². The van der Waals surface area contributed by atoms with Crippen LogP contribution in [0.2, 0.25) is 0 Å². The van der Waals surface area contributed by atoms with Crippen LogP contribution in [0.1, 0.15) is 13.3 Å². The molecule has 0 aromatic carbocycles. The van der Waals surface area contributed by atoms with E-state index in [1.54, 1.807) is 0 Å². The van der Waals surface area contributed by atoms with Gasteiger partial charge in [-0.2, -0.15) is 0 Å². The number of allylic oxidation sites excluding steroid dienone is 4. The largest absolute Gasteiger partial charge is 0.358 e. The molecule has 63 valence electrons. The molecule has 1 radical (unpaired) electrons. The molecule has 0 aromatic rings. The van der Waals surface area contributed by atoms with Crippen LogP contribution in [0.4, 0.5) is 0 Å². The Morgan fingerprint density at radius 3 is 2.50 bits per heavy atom. The first kappa shape index (κ1) is 11.3. The third-order valence-electron chi connectivity index (χ3n) is 1.56. The van der Waals surface area contributed by atoms with E-state index in [1.165, 1.54) is 5.57 Å². The molecule has 0 saturated heterocycles.